The molecular weight excluding hydrogens is 788 g/mol. The lowest BCUT2D eigenvalue weighted by molar-refractivity contribution is -0.154. The molecule has 0 aliphatic heterocycles. The van der Waals surface area contributed by atoms with Crippen LogP contribution in [0.25, 0.3) is 0 Å². The highest BCUT2D eigenvalue weighted by Gasteiger charge is 2.26. The van der Waals surface area contributed by atoms with Gasteiger partial charge in [0.1, 0.15) is 12.2 Å². The molecule has 3 N–H and O–H groups in total. The summed E-state index contributed by atoms with van der Waals surface area (Å²) in [5.74, 6) is -0.383. The smallest absolute Gasteiger partial charge is 0.457 e. The summed E-state index contributed by atoms with van der Waals surface area (Å²) in [6, 6.07) is 0. The number of carbonyl (C=O) groups is 1. The summed E-state index contributed by atoms with van der Waals surface area (Å²) in [5.41, 5.74) is 0. The number of allylic oxidation sites excluding steroid dienone is 8. The summed E-state index contributed by atoms with van der Waals surface area (Å²) in [6.07, 6.45) is 55.0. The second-order valence-corrected chi connectivity index (χ2v) is 18.3. The van der Waals surface area contributed by atoms with E-state index < -0.39 is 33.2 Å². The van der Waals surface area contributed by atoms with Crippen LogP contribution < -0.4 is 0 Å². The van der Waals surface area contributed by atoms with E-state index in [4.69, 9.17) is 23.6 Å². The van der Waals surface area contributed by atoms with Crippen molar-refractivity contribution < 1.29 is 43.0 Å². The Balaban J connectivity index is 4.09. The molecule has 0 saturated heterocycles. The van der Waals surface area contributed by atoms with Crippen molar-refractivity contribution in [2.45, 2.75) is 238 Å². The number of esters is 1. The Kier molecular flexibility index (Phi) is 46.6. The summed E-state index contributed by atoms with van der Waals surface area (Å²) < 4.78 is 33.5. The number of aliphatic hydroxyl groups excluding tert-OH is 2. The normalized spacial score (nSPS) is 14.2. The third-order valence-electron chi connectivity index (χ3n) is 10.8. The second-order valence-electron chi connectivity index (χ2n) is 16.8. The topological polar surface area (TPSA) is 132 Å². The standard InChI is InChI=1S/C51H95O9P/c1-3-5-7-9-11-13-15-17-19-21-23-25-27-29-31-33-35-37-39-41-43-51(54)60-50(48-59-61(55,56)58-46-49(53)45-52)47-57-44-42-40-38-36-34-32-30-28-26-24-22-20-18-16-14-12-10-8-6-4-2/h6,8,12,14,18,20,24,26,49-50,52-53H,3-5,7,9-11,13,15-17,19,21-23,25,27-48H2,1-2H3,(H,55,56)/b8-6-,14-12-,20-18-,26-24-. The molecule has 0 rings (SSSR count). The second kappa shape index (κ2) is 47.9. The maximum Gasteiger partial charge on any atom is 0.472 e. The summed E-state index contributed by atoms with van der Waals surface area (Å²) in [6.45, 7) is 3.42. The van der Waals surface area contributed by atoms with Crippen LogP contribution in [-0.2, 0) is 27.9 Å². The van der Waals surface area contributed by atoms with Gasteiger partial charge in [0, 0.05) is 13.0 Å². The number of hydrogen-bond donors (Lipinski definition) is 3. The van der Waals surface area contributed by atoms with Gasteiger partial charge in [0.05, 0.1) is 26.4 Å². The van der Waals surface area contributed by atoms with E-state index in [0.717, 1.165) is 70.6 Å². The van der Waals surface area contributed by atoms with E-state index in [0.29, 0.717) is 6.61 Å². The molecule has 0 heterocycles. The molecule has 0 radical (unpaired) electrons. The van der Waals surface area contributed by atoms with Crippen molar-refractivity contribution in [3.8, 4) is 0 Å². The molecule has 3 unspecified atom stereocenters. The van der Waals surface area contributed by atoms with E-state index in [1.807, 2.05) is 0 Å². The molecule has 10 heteroatoms. The fraction of sp³-hybridized carbons (Fsp3) is 0.824. The Bertz CT molecular complexity index is 1090. The summed E-state index contributed by atoms with van der Waals surface area (Å²) in [7, 11) is -4.53. The molecule has 0 amide bonds. The van der Waals surface area contributed by atoms with E-state index in [9.17, 15) is 19.4 Å². The lowest BCUT2D eigenvalue weighted by Gasteiger charge is -2.20. The zero-order chi connectivity index (χ0) is 44.6. The number of unbranched alkanes of at least 4 members (excludes halogenated alkanes) is 26. The third kappa shape index (κ3) is 47.7. The predicted octanol–water partition coefficient (Wildman–Crippen LogP) is 14.5. The van der Waals surface area contributed by atoms with E-state index in [2.05, 4.69) is 62.5 Å². The zero-order valence-corrected chi connectivity index (χ0v) is 40.3. The average molecular weight is 883 g/mol. The Morgan fingerprint density at radius 1 is 0.525 bits per heavy atom. The van der Waals surface area contributed by atoms with Gasteiger partial charge in [0.25, 0.3) is 0 Å². The van der Waals surface area contributed by atoms with Crippen molar-refractivity contribution >= 4 is 13.8 Å². The highest BCUT2D eigenvalue weighted by molar-refractivity contribution is 7.47. The first-order chi connectivity index (χ1) is 29.8. The van der Waals surface area contributed by atoms with Crippen molar-refractivity contribution in [2.24, 2.45) is 0 Å². The van der Waals surface area contributed by atoms with Gasteiger partial charge in [-0.05, 0) is 51.4 Å². The third-order valence-corrected chi connectivity index (χ3v) is 11.7. The summed E-state index contributed by atoms with van der Waals surface area (Å²) >= 11 is 0. The summed E-state index contributed by atoms with van der Waals surface area (Å²) in [5, 5.41) is 18.4. The van der Waals surface area contributed by atoms with Crippen LogP contribution in [-0.4, -0.2) is 66.3 Å². The van der Waals surface area contributed by atoms with Gasteiger partial charge in [-0.3, -0.25) is 13.8 Å². The Morgan fingerprint density at radius 3 is 1.41 bits per heavy atom. The van der Waals surface area contributed by atoms with Gasteiger partial charge in [-0.1, -0.05) is 217 Å². The highest BCUT2D eigenvalue weighted by Crippen LogP contribution is 2.43. The minimum absolute atomic E-state index is 0.0432. The maximum atomic E-state index is 12.7. The molecule has 0 fully saturated rings. The molecule has 0 aliphatic rings. The number of ether oxygens (including phenoxy) is 2. The zero-order valence-electron chi connectivity index (χ0n) is 39.4. The Labute approximate surface area is 375 Å². The van der Waals surface area contributed by atoms with E-state index in [-0.39, 0.29) is 25.6 Å². The van der Waals surface area contributed by atoms with Crippen LogP contribution in [0, 0.1) is 0 Å². The van der Waals surface area contributed by atoms with Crippen molar-refractivity contribution in [3.63, 3.8) is 0 Å². The minimum atomic E-state index is -4.53. The SMILES string of the molecule is CC/C=C\C/C=C\C/C=C\C/C=C\CCCCCCCCCOCC(COP(=O)(O)OCC(O)CO)OC(=O)CCCCCCCCCCCCCCCCCCCCCC. The lowest BCUT2D eigenvalue weighted by Crippen LogP contribution is -2.29. The Hall–Kier alpha value is -1.58. The van der Waals surface area contributed by atoms with E-state index >= 15 is 0 Å². The van der Waals surface area contributed by atoms with Gasteiger partial charge in [0.2, 0.25) is 0 Å². The molecular formula is C51H95O9P. The van der Waals surface area contributed by atoms with Gasteiger partial charge >= 0.3 is 13.8 Å². The molecule has 0 aromatic heterocycles. The fourth-order valence-corrected chi connectivity index (χ4v) is 7.79. The van der Waals surface area contributed by atoms with Gasteiger partial charge in [-0.2, -0.15) is 0 Å². The van der Waals surface area contributed by atoms with Crippen LogP contribution in [0.5, 0.6) is 0 Å². The Morgan fingerprint density at radius 2 is 0.934 bits per heavy atom. The van der Waals surface area contributed by atoms with Crippen LogP contribution >= 0.6 is 7.82 Å². The number of hydrogen-bond acceptors (Lipinski definition) is 8. The molecule has 9 nitrogen and oxygen atoms in total. The monoisotopic (exact) mass is 883 g/mol. The molecule has 0 spiro atoms. The van der Waals surface area contributed by atoms with Crippen LogP contribution in [0.15, 0.2) is 48.6 Å². The number of rotatable bonds is 48. The van der Waals surface area contributed by atoms with Gasteiger partial charge < -0.3 is 24.6 Å². The van der Waals surface area contributed by atoms with E-state index in [1.165, 1.54) is 135 Å². The predicted molar refractivity (Wildman–Crippen MR) is 256 cm³/mol. The van der Waals surface area contributed by atoms with Crippen LogP contribution in [0.3, 0.4) is 0 Å². The summed E-state index contributed by atoms with van der Waals surface area (Å²) in [4.78, 5) is 22.7. The van der Waals surface area contributed by atoms with Crippen LogP contribution in [0.2, 0.25) is 0 Å². The largest absolute Gasteiger partial charge is 0.472 e. The van der Waals surface area contributed by atoms with Gasteiger partial charge in [-0.15, -0.1) is 0 Å². The number of carbonyl (C=O) groups excluding carboxylic acids is 1. The van der Waals surface area contributed by atoms with Crippen LogP contribution in [0.1, 0.15) is 226 Å². The number of aliphatic hydroxyl groups is 2. The molecule has 0 bridgehead atoms. The number of phosphoric ester groups is 1. The van der Waals surface area contributed by atoms with E-state index in [1.54, 1.807) is 0 Å². The first-order valence-electron chi connectivity index (χ1n) is 25.1. The number of phosphoric acid groups is 1. The highest BCUT2D eigenvalue weighted by atomic mass is 31.2. The molecule has 61 heavy (non-hydrogen) atoms. The first kappa shape index (κ1) is 59.4. The van der Waals surface area contributed by atoms with Crippen LogP contribution in [0.4, 0.5) is 0 Å². The first-order valence-corrected chi connectivity index (χ1v) is 26.6. The molecule has 0 aromatic rings. The van der Waals surface area contributed by atoms with Gasteiger partial charge in [-0.25, -0.2) is 4.57 Å². The quantitative estimate of drug-likeness (QED) is 0.0236. The average Bonchev–Trinajstić information content (AvgIpc) is 3.25. The minimum Gasteiger partial charge on any atom is -0.457 e. The fourth-order valence-electron chi connectivity index (χ4n) is 7.00. The molecule has 358 valence electrons. The van der Waals surface area contributed by atoms with Crippen molar-refractivity contribution in [1.82, 2.24) is 0 Å². The molecule has 0 aromatic carbocycles. The maximum absolute atomic E-state index is 12.7. The lowest BCUT2D eigenvalue weighted by atomic mass is 10.0. The molecule has 0 aliphatic carbocycles. The van der Waals surface area contributed by atoms with Crippen molar-refractivity contribution in [1.29, 1.82) is 0 Å². The van der Waals surface area contributed by atoms with Crippen molar-refractivity contribution in [2.75, 3.05) is 33.0 Å². The molecule has 0 saturated carbocycles. The van der Waals surface area contributed by atoms with Gasteiger partial charge in [0.15, 0.2) is 0 Å². The molecule has 3 atom stereocenters. The van der Waals surface area contributed by atoms with Crippen molar-refractivity contribution in [3.05, 3.63) is 48.6 Å².